The van der Waals surface area contributed by atoms with E-state index in [-0.39, 0.29) is 24.1 Å². The van der Waals surface area contributed by atoms with E-state index in [2.05, 4.69) is 15.3 Å². The fourth-order valence-electron chi connectivity index (χ4n) is 4.00. The number of aromatic nitrogens is 4. The summed E-state index contributed by atoms with van der Waals surface area (Å²) in [6, 6.07) is 7.62. The minimum absolute atomic E-state index is 0.0325. The molecule has 31 heavy (non-hydrogen) atoms. The highest BCUT2D eigenvalue weighted by molar-refractivity contribution is 7.13. The molecule has 0 aliphatic carbocycles. The van der Waals surface area contributed by atoms with Gasteiger partial charge in [0, 0.05) is 36.3 Å². The van der Waals surface area contributed by atoms with Gasteiger partial charge in [-0.25, -0.2) is 14.8 Å². The summed E-state index contributed by atoms with van der Waals surface area (Å²) in [5, 5.41) is 6.03. The Morgan fingerprint density at radius 3 is 2.77 bits per heavy atom. The average molecular weight is 439 g/mol. The molecule has 3 aromatic rings. The number of hydrogen-bond donors (Lipinski definition) is 1. The van der Waals surface area contributed by atoms with Gasteiger partial charge >= 0.3 is 5.69 Å². The fourth-order valence-corrected chi connectivity index (χ4v) is 4.69. The Hall–Kier alpha value is -3.07. The average Bonchev–Trinajstić information content (AvgIpc) is 3.36. The van der Waals surface area contributed by atoms with Crippen LogP contribution in [-0.4, -0.2) is 36.9 Å². The highest BCUT2D eigenvalue weighted by Gasteiger charge is 2.30. The molecule has 1 unspecified atom stereocenters. The summed E-state index contributed by atoms with van der Waals surface area (Å²) in [6.45, 7) is 6.65. The molecule has 162 valence electrons. The van der Waals surface area contributed by atoms with Gasteiger partial charge in [-0.15, -0.1) is 11.3 Å². The van der Waals surface area contributed by atoms with E-state index in [1.807, 2.05) is 48.4 Å². The Bertz CT molecular complexity index is 1150. The number of rotatable bonds is 6. The number of thiazole rings is 1. The van der Waals surface area contributed by atoms with Crippen molar-refractivity contribution in [3.05, 3.63) is 62.9 Å². The summed E-state index contributed by atoms with van der Waals surface area (Å²) in [5.41, 5.74) is 3.04. The Labute approximate surface area is 185 Å². The lowest BCUT2D eigenvalue weighted by Gasteiger charge is -2.25. The molecule has 0 aromatic carbocycles. The third-order valence-electron chi connectivity index (χ3n) is 5.43. The van der Waals surface area contributed by atoms with Crippen LogP contribution in [0.4, 0.5) is 10.9 Å². The van der Waals surface area contributed by atoms with Crippen LogP contribution >= 0.6 is 11.3 Å². The first-order valence-electron chi connectivity index (χ1n) is 10.4. The maximum atomic E-state index is 13.0. The van der Waals surface area contributed by atoms with E-state index in [1.54, 1.807) is 11.5 Å². The third-order valence-corrected chi connectivity index (χ3v) is 6.31. The van der Waals surface area contributed by atoms with Gasteiger partial charge in [0.25, 0.3) is 0 Å². The van der Waals surface area contributed by atoms with Gasteiger partial charge in [0.2, 0.25) is 5.91 Å². The Morgan fingerprint density at radius 2 is 2.03 bits per heavy atom. The van der Waals surface area contributed by atoms with E-state index < -0.39 is 0 Å². The zero-order valence-corrected chi connectivity index (χ0v) is 18.8. The van der Waals surface area contributed by atoms with Crippen molar-refractivity contribution in [2.24, 2.45) is 0 Å². The maximum Gasteiger partial charge on any atom is 0.347 e. The lowest BCUT2D eigenvalue weighted by Crippen LogP contribution is -2.33. The monoisotopic (exact) mass is 438 g/mol. The SMILES string of the molecule is Cc1csc(Nc2cccc(C3CCCN3C(=O)CCn3c(C)cc(C)nc3=O)n2)n1. The zero-order valence-electron chi connectivity index (χ0n) is 18.0. The first kappa shape index (κ1) is 21.2. The topological polar surface area (TPSA) is 93.0 Å². The van der Waals surface area contributed by atoms with Crippen LogP contribution in [0.25, 0.3) is 0 Å². The smallest absolute Gasteiger partial charge is 0.334 e. The van der Waals surface area contributed by atoms with Crippen LogP contribution in [0, 0.1) is 20.8 Å². The largest absolute Gasteiger partial charge is 0.347 e. The summed E-state index contributed by atoms with van der Waals surface area (Å²) in [6.07, 6.45) is 2.08. The second-order valence-electron chi connectivity index (χ2n) is 7.84. The van der Waals surface area contributed by atoms with E-state index in [4.69, 9.17) is 4.98 Å². The van der Waals surface area contributed by atoms with E-state index in [1.165, 1.54) is 11.3 Å². The predicted octanol–water partition coefficient (Wildman–Crippen LogP) is 3.52. The predicted molar refractivity (Wildman–Crippen MR) is 121 cm³/mol. The molecular formula is C22H26N6O2S. The summed E-state index contributed by atoms with van der Waals surface area (Å²) >= 11 is 1.54. The molecule has 1 amide bonds. The standard InChI is InChI=1S/C22H26N6O2S/c1-14-12-16(3)27(22(30)24-14)11-9-20(29)28-10-5-7-18(28)17-6-4-8-19(25-17)26-21-23-15(2)13-31-21/h4,6,8,12-13,18H,5,7,9-11H2,1-3H3,(H,23,25,26). The van der Waals surface area contributed by atoms with E-state index in [0.717, 1.165) is 40.9 Å². The van der Waals surface area contributed by atoms with E-state index >= 15 is 0 Å². The van der Waals surface area contributed by atoms with Crippen molar-refractivity contribution in [2.45, 2.75) is 52.6 Å². The third kappa shape index (κ3) is 4.82. The van der Waals surface area contributed by atoms with Gasteiger partial charge < -0.3 is 10.2 Å². The van der Waals surface area contributed by atoms with Gasteiger partial charge in [-0.3, -0.25) is 9.36 Å². The van der Waals surface area contributed by atoms with Crippen molar-refractivity contribution in [1.29, 1.82) is 0 Å². The second-order valence-corrected chi connectivity index (χ2v) is 8.69. The molecule has 1 saturated heterocycles. The minimum Gasteiger partial charge on any atom is -0.334 e. The summed E-state index contributed by atoms with van der Waals surface area (Å²) < 4.78 is 1.56. The summed E-state index contributed by atoms with van der Waals surface area (Å²) in [5.74, 6) is 0.754. The molecule has 3 aromatic heterocycles. The van der Waals surface area contributed by atoms with Crippen LogP contribution in [0.1, 0.15) is 48.1 Å². The second kappa shape index (κ2) is 8.97. The van der Waals surface area contributed by atoms with Crippen LogP contribution in [0.15, 0.2) is 34.4 Å². The van der Waals surface area contributed by atoms with Gasteiger partial charge in [0.1, 0.15) is 5.82 Å². The van der Waals surface area contributed by atoms with Crippen LogP contribution in [0.5, 0.6) is 0 Å². The molecule has 1 aliphatic rings. The molecule has 4 rings (SSSR count). The fraction of sp³-hybridized carbons (Fsp3) is 0.409. The highest BCUT2D eigenvalue weighted by atomic mass is 32.1. The molecule has 0 bridgehead atoms. The van der Waals surface area contributed by atoms with Crippen molar-refractivity contribution in [1.82, 2.24) is 24.4 Å². The van der Waals surface area contributed by atoms with Gasteiger partial charge in [-0.2, -0.15) is 4.98 Å². The van der Waals surface area contributed by atoms with Crippen LogP contribution in [0.2, 0.25) is 0 Å². The number of aryl methyl sites for hydroxylation is 3. The van der Waals surface area contributed by atoms with E-state index in [0.29, 0.717) is 18.8 Å². The molecule has 0 saturated carbocycles. The molecular weight excluding hydrogens is 412 g/mol. The molecule has 9 heteroatoms. The van der Waals surface area contributed by atoms with Gasteiger partial charge in [0.15, 0.2) is 5.13 Å². The van der Waals surface area contributed by atoms with Gasteiger partial charge in [-0.05, 0) is 51.8 Å². The highest BCUT2D eigenvalue weighted by Crippen LogP contribution is 2.32. The van der Waals surface area contributed by atoms with Crippen LogP contribution < -0.4 is 11.0 Å². The molecule has 1 aliphatic heterocycles. The molecule has 1 N–H and O–H groups in total. The summed E-state index contributed by atoms with van der Waals surface area (Å²) in [7, 11) is 0. The Kier molecular flexibility index (Phi) is 6.13. The Balaban J connectivity index is 1.46. The number of pyridine rings is 1. The molecule has 1 fully saturated rings. The van der Waals surface area contributed by atoms with Crippen molar-refractivity contribution >= 4 is 28.2 Å². The molecule has 8 nitrogen and oxygen atoms in total. The Morgan fingerprint density at radius 1 is 1.19 bits per heavy atom. The first-order chi connectivity index (χ1) is 14.9. The number of anilines is 2. The normalized spacial score (nSPS) is 16.0. The number of hydrogen-bond acceptors (Lipinski definition) is 7. The first-order valence-corrected chi connectivity index (χ1v) is 11.3. The van der Waals surface area contributed by atoms with Gasteiger partial charge in [0.05, 0.1) is 17.4 Å². The maximum absolute atomic E-state index is 13.0. The molecule has 0 radical (unpaired) electrons. The van der Waals surface area contributed by atoms with Crippen molar-refractivity contribution in [3.63, 3.8) is 0 Å². The number of carbonyl (C=O) groups is 1. The van der Waals surface area contributed by atoms with E-state index in [9.17, 15) is 9.59 Å². The van der Waals surface area contributed by atoms with Crippen LogP contribution in [0.3, 0.4) is 0 Å². The summed E-state index contributed by atoms with van der Waals surface area (Å²) in [4.78, 5) is 40.2. The lowest BCUT2D eigenvalue weighted by atomic mass is 10.1. The number of likely N-dealkylation sites (tertiary alicyclic amines) is 1. The number of nitrogens with one attached hydrogen (secondary N) is 1. The van der Waals surface area contributed by atoms with Gasteiger partial charge in [-0.1, -0.05) is 6.07 Å². The molecule has 4 heterocycles. The zero-order chi connectivity index (χ0) is 22.0. The van der Waals surface area contributed by atoms with Crippen molar-refractivity contribution in [2.75, 3.05) is 11.9 Å². The minimum atomic E-state index is -0.305. The molecule has 0 spiro atoms. The molecule has 1 atom stereocenters. The number of nitrogens with zero attached hydrogens (tertiary/aromatic N) is 5. The van der Waals surface area contributed by atoms with Crippen molar-refractivity contribution < 1.29 is 4.79 Å². The number of amides is 1. The van der Waals surface area contributed by atoms with Crippen molar-refractivity contribution in [3.8, 4) is 0 Å². The lowest BCUT2D eigenvalue weighted by molar-refractivity contribution is -0.132. The van der Waals surface area contributed by atoms with Crippen LogP contribution in [-0.2, 0) is 11.3 Å². The number of carbonyl (C=O) groups excluding carboxylic acids is 1. The quantitative estimate of drug-likeness (QED) is 0.633.